The van der Waals surface area contributed by atoms with E-state index in [9.17, 15) is 12.8 Å². The van der Waals surface area contributed by atoms with Gasteiger partial charge in [-0.05, 0) is 54.9 Å². The maximum atomic E-state index is 13.8. The van der Waals surface area contributed by atoms with Crippen LogP contribution in [0.2, 0.25) is 0 Å². The van der Waals surface area contributed by atoms with Crippen LogP contribution in [0.4, 0.5) is 4.39 Å². The summed E-state index contributed by atoms with van der Waals surface area (Å²) in [6.45, 7) is 4.71. The van der Waals surface area contributed by atoms with Crippen LogP contribution in [0.3, 0.4) is 0 Å². The normalized spacial score (nSPS) is 11.9. The Morgan fingerprint density at radius 2 is 1.62 bits per heavy atom. The molecule has 0 amide bonds. The number of rotatable bonds is 10. The second-order valence-corrected chi connectivity index (χ2v) is 12.6. The number of nitrogens with one attached hydrogen (secondary N) is 1. The highest BCUT2D eigenvalue weighted by Gasteiger charge is 2.22. The number of para-hydroxylation sites is 2. The Bertz CT molecular complexity index is 1740. The van der Waals surface area contributed by atoms with Crippen LogP contribution >= 0.6 is 11.8 Å². The van der Waals surface area contributed by atoms with Crippen molar-refractivity contribution < 1.29 is 12.8 Å². The van der Waals surface area contributed by atoms with E-state index in [1.165, 1.54) is 24.7 Å². The van der Waals surface area contributed by atoms with Crippen molar-refractivity contribution in [3.8, 4) is 11.3 Å². The number of hydrogen-bond donors (Lipinski definition) is 1. The van der Waals surface area contributed by atoms with E-state index in [1.807, 2.05) is 50.2 Å². The molecule has 0 fully saturated rings. The number of hydrogen-bond acceptors (Lipinski definition) is 6. The zero-order valence-corrected chi connectivity index (χ0v) is 24.1. The lowest BCUT2D eigenvalue weighted by Crippen LogP contribution is -2.22. The molecule has 40 heavy (non-hydrogen) atoms. The summed E-state index contributed by atoms with van der Waals surface area (Å²) in [6, 6.07) is 24.4. The molecular weight excluding hydrogens is 545 g/mol. The number of imidazole rings is 1. The van der Waals surface area contributed by atoms with Gasteiger partial charge in [-0.15, -0.1) is 0 Å². The molecule has 0 saturated heterocycles. The molecule has 3 aromatic carbocycles. The van der Waals surface area contributed by atoms with Gasteiger partial charge in [0.1, 0.15) is 17.4 Å². The molecule has 7 nitrogen and oxygen atoms in total. The minimum atomic E-state index is -3.59. The number of halogens is 1. The van der Waals surface area contributed by atoms with Crippen molar-refractivity contribution in [1.29, 1.82) is 0 Å². The van der Waals surface area contributed by atoms with Gasteiger partial charge in [0.15, 0.2) is 5.16 Å². The fourth-order valence-corrected chi connectivity index (χ4v) is 6.19. The fourth-order valence-electron chi connectivity index (χ4n) is 4.54. The summed E-state index contributed by atoms with van der Waals surface area (Å²) >= 11 is 1.58. The van der Waals surface area contributed by atoms with E-state index in [2.05, 4.69) is 27.5 Å². The summed E-state index contributed by atoms with van der Waals surface area (Å²) in [6.07, 6.45) is 0. The standard InChI is InChI=1S/C30H30FN5O2S2/c1-20(2)28-24(29(22-13-15-23(31)16-14-22)35-27(34-28)19-40(37,38)32-3)18-39-30-33-25-11-7-8-12-26(25)36(30)17-21-9-5-4-6-10-21/h4-16,20,32H,17-19H2,1-3H3. The SMILES string of the molecule is CNS(=O)(=O)Cc1nc(-c2ccc(F)cc2)c(CSc2nc3ccccc3n2Cc2ccccc2)c(C(C)C)n1. The second-order valence-electron chi connectivity index (χ2n) is 9.72. The molecule has 0 aliphatic rings. The van der Waals surface area contributed by atoms with E-state index in [0.29, 0.717) is 23.6 Å². The Morgan fingerprint density at radius 3 is 2.33 bits per heavy atom. The van der Waals surface area contributed by atoms with Gasteiger partial charge in [0, 0.05) is 16.9 Å². The van der Waals surface area contributed by atoms with Crippen LogP contribution in [0.1, 0.15) is 42.4 Å². The first-order chi connectivity index (χ1) is 19.2. The molecule has 0 aliphatic carbocycles. The van der Waals surface area contributed by atoms with Gasteiger partial charge in [-0.3, -0.25) is 0 Å². The first-order valence-corrected chi connectivity index (χ1v) is 15.6. The lowest BCUT2D eigenvalue weighted by molar-refractivity contribution is 0.585. The maximum absolute atomic E-state index is 13.8. The summed E-state index contributed by atoms with van der Waals surface area (Å²) in [5.74, 6) is -0.0143. The average Bonchev–Trinajstić information content (AvgIpc) is 3.29. The summed E-state index contributed by atoms with van der Waals surface area (Å²) in [5.41, 5.74) is 6.04. The molecule has 1 N–H and O–H groups in total. The Labute approximate surface area is 238 Å². The van der Waals surface area contributed by atoms with Crippen molar-refractivity contribution in [2.45, 2.75) is 43.0 Å². The molecule has 0 unspecified atom stereocenters. The Morgan fingerprint density at radius 1 is 0.925 bits per heavy atom. The zero-order chi connectivity index (χ0) is 28.3. The Balaban J connectivity index is 1.59. The maximum Gasteiger partial charge on any atom is 0.218 e. The van der Waals surface area contributed by atoms with Crippen molar-refractivity contribution in [2.24, 2.45) is 0 Å². The fraction of sp³-hybridized carbons (Fsp3) is 0.233. The molecule has 0 bridgehead atoms. The molecule has 0 radical (unpaired) electrons. The summed E-state index contributed by atoms with van der Waals surface area (Å²) in [4.78, 5) is 14.3. The highest BCUT2D eigenvalue weighted by atomic mass is 32.2. The van der Waals surface area contributed by atoms with Gasteiger partial charge in [0.05, 0.1) is 29.0 Å². The van der Waals surface area contributed by atoms with Gasteiger partial charge in [0.2, 0.25) is 10.0 Å². The van der Waals surface area contributed by atoms with Crippen LogP contribution in [0.25, 0.3) is 22.3 Å². The van der Waals surface area contributed by atoms with E-state index in [0.717, 1.165) is 27.4 Å². The van der Waals surface area contributed by atoms with Crippen LogP contribution < -0.4 is 4.72 Å². The van der Waals surface area contributed by atoms with Crippen molar-refractivity contribution in [3.05, 3.63) is 107 Å². The molecule has 0 spiro atoms. The van der Waals surface area contributed by atoms with Gasteiger partial charge >= 0.3 is 0 Å². The third-order valence-electron chi connectivity index (χ3n) is 6.53. The molecular formula is C30H30FN5O2S2. The van der Waals surface area contributed by atoms with Crippen molar-refractivity contribution >= 4 is 32.8 Å². The van der Waals surface area contributed by atoms with Gasteiger partial charge < -0.3 is 4.57 Å². The van der Waals surface area contributed by atoms with Gasteiger partial charge in [-0.1, -0.05) is 68.1 Å². The van der Waals surface area contributed by atoms with E-state index in [-0.39, 0.29) is 23.3 Å². The molecule has 0 atom stereocenters. The largest absolute Gasteiger partial charge is 0.314 e. The first-order valence-electron chi connectivity index (χ1n) is 12.9. The number of thioether (sulfide) groups is 1. The minimum absolute atomic E-state index is 0.00280. The number of sulfonamides is 1. The highest BCUT2D eigenvalue weighted by Crippen LogP contribution is 2.35. The summed E-state index contributed by atoms with van der Waals surface area (Å²) < 4.78 is 43.1. The topological polar surface area (TPSA) is 89.8 Å². The van der Waals surface area contributed by atoms with E-state index in [1.54, 1.807) is 23.9 Å². The van der Waals surface area contributed by atoms with Crippen molar-refractivity contribution in [1.82, 2.24) is 24.2 Å². The molecule has 5 rings (SSSR count). The Hall–Kier alpha value is -3.60. The first kappa shape index (κ1) is 27.9. The second kappa shape index (κ2) is 11.9. The number of aromatic nitrogens is 4. The summed E-state index contributed by atoms with van der Waals surface area (Å²) in [5, 5.41) is 0.853. The van der Waals surface area contributed by atoms with Crippen molar-refractivity contribution in [2.75, 3.05) is 7.05 Å². The smallest absolute Gasteiger partial charge is 0.218 e. The van der Waals surface area contributed by atoms with Gasteiger partial charge in [0.25, 0.3) is 0 Å². The number of nitrogens with zero attached hydrogens (tertiary/aromatic N) is 4. The van der Waals surface area contributed by atoms with Crippen LogP contribution in [-0.2, 0) is 28.1 Å². The van der Waals surface area contributed by atoms with Crippen LogP contribution in [0, 0.1) is 5.82 Å². The highest BCUT2D eigenvalue weighted by molar-refractivity contribution is 7.98. The quantitative estimate of drug-likeness (QED) is 0.201. The monoisotopic (exact) mass is 575 g/mol. The molecule has 10 heteroatoms. The molecule has 2 aromatic heterocycles. The number of benzene rings is 3. The average molecular weight is 576 g/mol. The predicted octanol–water partition coefficient (Wildman–Crippen LogP) is 6.15. The lowest BCUT2D eigenvalue weighted by Gasteiger charge is -2.18. The predicted molar refractivity (Wildman–Crippen MR) is 158 cm³/mol. The lowest BCUT2D eigenvalue weighted by atomic mass is 9.99. The number of fused-ring (bicyclic) bond motifs is 1. The van der Waals surface area contributed by atoms with E-state index >= 15 is 0 Å². The molecule has 2 heterocycles. The summed E-state index contributed by atoms with van der Waals surface area (Å²) in [7, 11) is -2.23. The third kappa shape index (κ3) is 6.24. The van der Waals surface area contributed by atoms with E-state index in [4.69, 9.17) is 15.0 Å². The molecule has 0 saturated carbocycles. The zero-order valence-electron chi connectivity index (χ0n) is 22.5. The van der Waals surface area contributed by atoms with E-state index < -0.39 is 10.0 Å². The molecule has 5 aromatic rings. The molecule has 0 aliphatic heterocycles. The third-order valence-corrected chi connectivity index (χ3v) is 8.79. The van der Waals surface area contributed by atoms with Gasteiger partial charge in [-0.2, -0.15) is 0 Å². The van der Waals surface area contributed by atoms with Crippen LogP contribution in [0.5, 0.6) is 0 Å². The van der Waals surface area contributed by atoms with Crippen LogP contribution in [0.15, 0.2) is 84.0 Å². The van der Waals surface area contributed by atoms with Crippen molar-refractivity contribution in [3.63, 3.8) is 0 Å². The minimum Gasteiger partial charge on any atom is -0.314 e. The van der Waals surface area contributed by atoms with Gasteiger partial charge in [-0.25, -0.2) is 32.5 Å². The van der Waals surface area contributed by atoms with Crippen LogP contribution in [-0.4, -0.2) is 35.0 Å². The molecule has 206 valence electrons. The Kier molecular flexibility index (Phi) is 8.30.